The fraction of sp³-hybridized carbons (Fsp3) is 0.211. The topological polar surface area (TPSA) is 93.4 Å². The van der Waals surface area contributed by atoms with Crippen LogP contribution in [0.3, 0.4) is 0 Å². The molecule has 1 atom stereocenters. The van der Waals surface area contributed by atoms with Crippen molar-refractivity contribution in [2.24, 2.45) is 0 Å². The predicted molar refractivity (Wildman–Crippen MR) is 92.3 cm³/mol. The molecule has 6 heteroatoms. The zero-order chi connectivity index (χ0) is 17.8. The van der Waals surface area contributed by atoms with Gasteiger partial charge in [-0.15, -0.1) is 0 Å². The van der Waals surface area contributed by atoms with E-state index in [0.29, 0.717) is 17.8 Å². The average molecular weight is 335 g/mol. The van der Waals surface area contributed by atoms with E-state index in [1.54, 1.807) is 47.4 Å². The molecule has 0 radical (unpaired) electrons. The summed E-state index contributed by atoms with van der Waals surface area (Å²) in [5.41, 5.74) is 2.07. The van der Waals surface area contributed by atoms with E-state index in [4.69, 9.17) is 10.4 Å². The van der Waals surface area contributed by atoms with Crippen molar-refractivity contribution in [1.82, 2.24) is 4.90 Å². The SMILES string of the molecule is N#Cc1cccc(NC(=O)N2CCCC2c2cccc(C(=O)O)c2)c1. The molecule has 0 bridgehead atoms. The number of nitrogens with one attached hydrogen (secondary N) is 1. The maximum Gasteiger partial charge on any atom is 0.335 e. The number of nitriles is 1. The molecule has 6 nitrogen and oxygen atoms in total. The minimum Gasteiger partial charge on any atom is -0.478 e. The molecule has 126 valence electrons. The third-order valence-electron chi connectivity index (χ3n) is 4.27. The normalized spacial score (nSPS) is 16.3. The highest BCUT2D eigenvalue weighted by Crippen LogP contribution is 2.32. The van der Waals surface area contributed by atoms with Crippen molar-refractivity contribution in [3.63, 3.8) is 0 Å². The first kappa shape index (κ1) is 16.5. The number of benzene rings is 2. The van der Waals surface area contributed by atoms with Crippen LogP contribution in [0.5, 0.6) is 0 Å². The Hall–Kier alpha value is -3.33. The number of aromatic carboxylic acids is 1. The summed E-state index contributed by atoms with van der Waals surface area (Å²) in [5, 5.41) is 20.9. The lowest BCUT2D eigenvalue weighted by atomic mass is 10.0. The van der Waals surface area contributed by atoms with E-state index < -0.39 is 5.97 Å². The number of anilines is 1. The van der Waals surface area contributed by atoms with Gasteiger partial charge in [-0.2, -0.15) is 5.26 Å². The van der Waals surface area contributed by atoms with Crippen molar-refractivity contribution in [3.8, 4) is 6.07 Å². The Labute approximate surface area is 145 Å². The van der Waals surface area contributed by atoms with Crippen molar-refractivity contribution in [2.45, 2.75) is 18.9 Å². The van der Waals surface area contributed by atoms with E-state index in [1.165, 1.54) is 0 Å². The van der Waals surface area contributed by atoms with Crippen LogP contribution < -0.4 is 5.32 Å². The van der Waals surface area contributed by atoms with Gasteiger partial charge in [0, 0.05) is 12.2 Å². The van der Waals surface area contributed by atoms with E-state index >= 15 is 0 Å². The maximum absolute atomic E-state index is 12.6. The lowest BCUT2D eigenvalue weighted by molar-refractivity contribution is 0.0696. The second kappa shape index (κ2) is 7.05. The molecule has 1 aliphatic heterocycles. The van der Waals surface area contributed by atoms with Crippen molar-refractivity contribution in [2.75, 3.05) is 11.9 Å². The molecular formula is C19H17N3O3. The molecule has 1 aliphatic rings. The Kier molecular flexibility index (Phi) is 4.66. The first-order valence-electron chi connectivity index (χ1n) is 7.99. The minimum absolute atomic E-state index is 0.154. The van der Waals surface area contributed by atoms with Crippen LogP contribution in [0.25, 0.3) is 0 Å². The number of rotatable bonds is 3. The van der Waals surface area contributed by atoms with Crippen molar-refractivity contribution >= 4 is 17.7 Å². The van der Waals surface area contributed by atoms with Gasteiger partial charge in [0.25, 0.3) is 0 Å². The van der Waals surface area contributed by atoms with Crippen LogP contribution in [0.4, 0.5) is 10.5 Å². The van der Waals surface area contributed by atoms with Crippen molar-refractivity contribution in [1.29, 1.82) is 5.26 Å². The van der Waals surface area contributed by atoms with Crippen molar-refractivity contribution in [3.05, 3.63) is 65.2 Å². The van der Waals surface area contributed by atoms with Crippen LogP contribution in [0.1, 0.15) is 40.4 Å². The molecule has 25 heavy (non-hydrogen) atoms. The summed E-state index contributed by atoms with van der Waals surface area (Å²) in [7, 11) is 0. The van der Waals surface area contributed by atoms with Crippen LogP contribution in [-0.4, -0.2) is 28.6 Å². The molecule has 1 saturated heterocycles. The quantitative estimate of drug-likeness (QED) is 0.895. The number of amides is 2. The summed E-state index contributed by atoms with van der Waals surface area (Å²) in [6, 6.07) is 15.1. The maximum atomic E-state index is 12.6. The molecule has 2 aromatic carbocycles. The third-order valence-corrected chi connectivity index (χ3v) is 4.27. The number of nitrogens with zero attached hydrogens (tertiary/aromatic N) is 2. The van der Waals surface area contributed by atoms with Gasteiger partial charge in [0.2, 0.25) is 0 Å². The number of hydrogen-bond donors (Lipinski definition) is 2. The molecule has 3 rings (SSSR count). The van der Waals surface area contributed by atoms with E-state index in [9.17, 15) is 9.59 Å². The monoisotopic (exact) mass is 335 g/mol. The molecule has 0 saturated carbocycles. The zero-order valence-corrected chi connectivity index (χ0v) is 13.5. The highest BCUT2D eigenvalue weighted by atomic mass is 16.4. The molecule has 2 N–H and O–H groups in total. The molecule has 1 heterocycles. The fourth-order valence-electron chi connectivity index (χ4n) is 3.10. The summed E-state index contributed by atoms with van der Waals surface area (Å²) in [4.78, 5) is 25.5. The number of carbonyl (C=O) groups excluding carboxylic acids is 1. The van der Waals surface area contributed by atoms with Gasteiger partial charge in [0.15, 0.2) is 0 Å². The summed E-state index contributed by atoms with van der Waals surface area (Å²) < 4.78 is 0. The van der Waals surface area contributed by atoms with E-state index in [2.05, 4.69) is 5.32 Å². The number of carboxylic acid groups (broad SMARTS) is 1. The second-order valence-corrected chi connectivity index (χ2v) is 5.90. The first-order valence-corrected chi connectivity index (χ1v) is 7.99. The molecule has 1 fully saturated rings. The van der Waals surface area contributed by atoms with Gasteiger partial charge in [-0.1, -0.05) is 18.2 Å². The summed E-state index contributed by atoms with van der Waals surface area (Å²) in [6.45, 7) is 0.603. The van der Waals surface area contributed by atoms with Gasteiger partial charge >= 0.3 is 12.0 Å². The lowest BCUT2D eigenvalue weighted by Crippen LogP contribution is -2.34. The highest BCUT2D eigenvalue weighted by Gasteiger charge is 2.30. The minimum atomic E-state index is -0.982. The van der Waals surface area contributed by atoms with Gasteiger partial charge in [-0.25, -0.2) is 9.59 Å². The number of carboxylic acids is 1. The molecule has 0 aromatic heterocycles. The zero-order valence-electron chi connectivity index (χ0n) is 13.5. The van der Waals surface area contributed by atoms with Crippen LogP contribution >= 0.6 is 0 Å². The first-order chi connectivity index (χ1) is 12.1. The predicted octanol–water partition coefficient (Wildman–Crippen LogP) is 3.63. The Bertz CT molecular complexity index is 857. The summed E-state index contributed by atoms with van der Waals surface area (Å²) in [6.07, 6.45) is 1.64. The molecule has 0 spiro atoms. The van der Waals surface area contributed by atoms with Crippen LogP contribution in [0.15, 0.2) is 48.5 Å². The molecule has 0 aliphatic carbocycles. The molecule has 2 amide bonds. The van der Waals surface area contributed by atoms with Gasteiger partial charge < -0.3 is 15.3 Å². The Balaban J connectivity index is 1.79. The number of carbonyl (C=O) groups is 2. The molecular weight excluding hydrogens is 318 g/mol. The van der Waals surface area contributed by atoms with Gasteiger partial charge in [0.05, 0.1) is 23.2 Å². The standard InChI is InChI=1S/C19H17N3O3/c20-12-13-4-1-7-16(10-13)21-19(25)22-9-3-8-17(22)14-5-2-6-15(11-14)18(23)24/h1-2,4-7,10-11,17H,3,8-9H2,(H,21,25)(H,23,24). The smallest absolute Gasteiger partial charge is 0.335 e. The van der Waals surface area contributed by atoms with E-state index in [1.807, 2.05) is 12.1 Å². The van der Waals surface area contributed by atoms with Crippen LogP contribution in [0.2, 0.25) is 0 Å². The van der Waals surface area contributed by atoms with E-state index in [-0.39, 0.29) is 17.6 Å². The number of hydrogen-bond acceptors (Lipinski definition) is 3. The second-order valence-electron chi connectivity index (χ2n) is 5.90. The number of likely N-dealkylation sites (tertiary alicyclic amines) is 1. The third kappa shape index (κ3) is 3.61. The van der Waals surface area contributed by atoms with E-state index in [0.717, 1.165) is 18.4 Å². The Morgan fingerprint density at radius 3 is 2.76 bits per heavy atom. The highest BCUT2D eigenvalue weighted by molar-refractivity contribution is 5.90. The summed E-state index contributed by atoms with van der Waals surface area (Å²) >= 11 is 0. The van der Waals surface area contributed by atoms with Crippen LogP contribution in [-0.2, 0) is 0 Å². The van der Waals surface area contributed by atoms with Crippen LogP contribution in [0, 0.1) is 11.3 Å². The van der Waals surface area contributed by atoms with Gasteiger partial charge in [-0.3, -0.25) is 0 Å². The summed E-state index contributed by atoms with van der Waals surface area (Å²) in [5.74, 6) is -0.982. The van der Waals surface area contributed by atoms with Crippen molar-refractivity contribution < 1.29 is 14.7 Å². The Morgan fingerprint density at radius 2 is 2.00 bits per heavy atom. The average Bonchev–Trinajstić information content (AvgIpc) is 3.12. The lowest BCUT2D eigenvalue weighted by Gasteiger charge is -2.25. The fourth-order valence-corrected chi connectivity index (χ4v) is 3.10. The largest absolute Gasteiger partial charge is 0.478 e. The molecule has 2 aromatic rings. The molecule has 1 unspecified atom stereocenters. The van der Waals surface area contributed by atoms with Gasteiger partial charge in [0.1, 0.15) is 0 Å². The van der Waals surface area contributed by atoms with Gasteiger partial charge in [-0.05, 0) is 48.7 Å². The Morgan fingerprint density at radius 1 is 1.20 bits per heavy atom. The number of urea groups is 1.